The molecule has 1 aromatic rings. The van der Waals surface area contributed by atoms with E-state index in [2.05, 4.69) is 5.32 Å². The van der Waals surface area contributed by atoms with Gasteiger partial charge in [0.1, 0.15) is 12.4 Å². The van der Waals surface area contributed by atoms with E-state index in [1.807, 2.05) is 6.07 Å². The number of carboxylic acids is 1. The average molecular weight is 261 g/mol. The number of hydrogen-bond donors (Lipinski definition) is 2. The van der Waals surface area contributed by atoms with E-state index < -0.39 is 5.97 Å². The lowest BCUT2D eigenvalue weighted by Gasteiger charge is -2.17. The topological polar surface area (TPSA) is 75.6 Å². The molecule has 1 heterocycles. The number of nitrogens with one attached hydrogen (secondary N) is 1. The van der Waals surface area contributed by atoms with E-state index >= 15 is 0 Å². The van der Waals surface area contributed by atoms with Crippen molar-refractivity contribution in [1.82, 2.24) is 0 Å². The minimum absolute atomic E-state index is 0.0289. The molecule has 0 unspecified atom stereocenters. The van der Waals surface area contributed by atoms with Gasteiger partial charge in [-0.15, -0.1) is 0 Å². The molecular formula is C14H15NO4. The lowest BCUT2D eigenvalue weighted by molar-refractivity contribution is -0.132. The second kappa shape index (κ2) is 5.56. The Morgan fingerprint density at radius 3 is 3.00 bits per heavy atom. The predicted octanol–water partition coefficient (Wildman–Crippen LogP) is 1.98. The van der Waals surface area contributed by atoms with Crippen LogP contribution >= 0.6 is 0 Å². The van der Waals surface area contributed by atoms with Gasteiger partial charge in [-0.05, 0) is 43.2 Å². The Morgan fingerprint density at radius 1 is 1.47 bits per heavy atom. The van der Waals surface area contributed by atoms with Crippen molar-refractivity contribution in [3.8, 4) is 5.75 Å². The van der Waals surface area contributed by atoms with Crippen LogP contribution in [0.5, 0.6) is 5.75 Å². The van der Waals surface area contributed by atoms with Gasteiger partial charge in [-0.2, -0.15) is 0 Å². The maximum Gasteiger partial charge on any atom is 0.331 e. The Hall–Kier alpha value is -2.30. The van der Waals surface area contributed by atoms with Crippen molar-refractivity contribution < 1.29 is 19.4 Å². The predicted molar refractivity (Wildman–Crippen MR) is 70.3 cm³/mol. The number of anilines is 1. The Bertz CT molecular complexity index is 548. The van der Waals surface area contributed by atoms with Gasteiger partial charge in [0.2, 0.25) is 5.91 Å². The van der Waals surface area contributed by atoms with Crippen molar-refractivity contribution in [3.05, 3.63) is 35.4 Å². The van der Waals surface area contributed by atoms with Crippen molar-refractivity contribution >= 4 is 17.6 Å². The zero-order chi connectivity index (χ0) is 13.8. The van der Waals surface area contributed by atoms with Crippen LogP contribution in [-0.2, 0) is 16.0 Å². The second-order valence-corrected chi connectivity index (χ2v) is 4.37. The highest BCUT2D eigenvalue weighted by Gasteiger charge is 2.14. The maximum atomic E-state index is 11.2. The largest absolute Gasteiger partial charge is 0.490 e. The van der Waals surface area contributed by atoms with Crippen LogP contribution in [0.15, 0.2) is 29.8 Å². The third-order valence-corrected chi connectivity index (χ3v) is 2.95. The quantitative estimate of drug-likeness (QED) is 0.813. The van der Waals surface area contributed by atoms with Crippen LogP contribution in [0.2, 0.25) is 0 Å². The smallest absolute Gasteiger partial charge is 0.331 e. The number of benzene rings is 1. The fraction of sp³-hybridized carbons (Fsp3) is 0.286. The first kappa shape index (κ1) is 13.1. The zero-order valence-corrected chi connectivity index (χ0v) is 10.6. The average Bonchev–Trinajstić information content (AvgIpc) is 2.38. The van der Waals surface area contributed by atoms with E-state index in [9.17, 15) is 9.59 Å². The number of aliphatic carboxylic acids is 1. The Labute approximate surface area is 110 Å². The Kier molecular flexibility index (Phi) is 3.85. The summed E-state index contributed by atoms with van der Waals surface area (Å²) in [6.07, 6.45) is 2.69. The standard InChI is InChI=1S/C14H15NO4/c1-9(14(17)18)6-7-19-11-3-4-12-10(8-11)2-5-13(16)15-12/h3-4,6,8H,2,5,7H2,1H3,(H,15,16)(H,17,18). The fourth-order valence-corrected chi connectivity index (χ4v) is 1.80. The molecule has 1 aromatic carbocycles. The summed E-state index contributed by atoms with van der Waals surface area (Å²) in [5, 5.41) is 11.5. The molecule has 0 fully saturated rings. The van der Waals surface area contributed by atoms with Gasteiger partial charge in [-0.25, -0.2) is 4.79 Å². The van der Waals surface area contributed by atoms with Gasteiger partial charge >= 0.3 is 5.97 Å². The summed E-state index contributed by atoms with van der Waals surface area (Å²) >= 11 is 0. The van der Waals surface area contributed by atoms with Crippen molar-refractivity contribution in [2.24, 2.45) is 0 Å². The molecule has 1 amide bonds. The molecule has 0 atom stereocenters. The third kappa shape index (κ3) is 3.34. The summed E-state index contributed by atoms with van der Waals surface area (Å²) in [5.74, 6) is -0.248. The number of fused-ring (bicyclic) bond motifs is 1. The van der Waals surface area contributed by atoms with Gasteiger partial charge in [0.15, 0.2) is 0 Å². The third-order valence-electron chi connectivity index (χ3n) is 2.95. The second-order valence-electron chi connectivity index (χ2n) is 4.37. The molecule has 2 N–H and O–H groups in total. The number of ether oxygens (including phenoxy) is 1. The van der Waals surface area contributed by atoms with E-state index in [1.165, 1.54) is 13.0 Å². The lowest BCUT2D eigenvalue weighted by atomic mass is 10.0. The maximum absolute atomic E-state index is 11.2. The minimum Gasteiger partial charge on any atom is -0.490 e. The monoisotopic (exact) mass is 261 g/mol. The molecule has 19 heavy (non-hydrogen) atoms. The zero-order valence-electron chi connectivity index (χ0n) is 10.6. The van der Waals surface area contributed by atoms with E-state index in [0.717, 1.165) is 11.3 Å². The molecule has 1 aliphatic heterocycles. The van der Waals surface area contributed by atoms with Crippen LogP contribution in [0.4, 0.5) is 5.69 Å². The summed E-state index contributed by atoms with van der Waals surface area (Å²) in [6, 6.07) is 5.43. The van der Waals surface area contributed by atoms with Crippen molar-refractivity contribution in [1.29, 1.82) is 0 Å². The van der Waals surface area contributed by atoms with Crippen molar-refractivity contribution in [3.63, 3.8) is 0 Å². The van der Waals surface area contributed by atoms with Gasteiger partial charge < -0.3 is 15.2 Å². The SMILES string of the molecule is CC(=CCOc1ccc2c(c1)CCC(=O)N2)C(=O)O. The van der Waals surface area contributed by atoms with Crippen LogP contribution < -0.4 is 10.1 Å². The molecule has 5 heteroatoms. The molecule has 100 valence electrons. The van der Waals surface area contributed by atoms with Gasteiger partial charge in [0, 0.05) is 17.7 Å². The molecule has 1 aliphatic rings. The van der Waals surface area contributed by atoms with E-state index in [1.54, 1.807) is 12.1 Å². The molecule has 0 spiro atoms. The number of rotatable bonds is 4. The summed E-state index contributed by atoms with van der Waals surface area (Å²) in [7, 11) is 0. The molecule has 0 aliphatic carbocycles. The first-order valence-electron chi connectivity index (χ1n) is 6.02. The van der Waals surface area contributed by atoms with E-state index in [4.69, 9.17) is 9.84 Å². The van der Waals surface area contributed by atoms with E-state index in [0.29, 0.717) is 18.6 Å². The molecular weight excluding hydrogens is 246 g/mol. The molecule has 0 aromatic heterocycles. The number of carbonyl (C=O) groups is 2. The highest BCUT2D eigenvalue weighted by molar-refractivity contribution is 5.94. The fourth-order valence-electron chi connectivity index (χ4n) is 1.80. The molecule has 0 bridgehead atoms. The summed E-state index contributed by atoms with van der Waals surface area (Å²) < 4.78 is 5.47. The van der Waals surface area contributed by atoms with Gasteiger partial charge in [-0.1, -0.05) is 0 Å². The van der Waals surface area contributed by atoms with Gasteiger partial charge in [-0.3, -0.25) is 4.79 Å². The van der Waals surface area contributed by atoms with Crippen LogP contribution in [0.25, 0.3) is 0 Å². The number of carbonyl (C=O) groups excluding carboxylic acids is 1. The van der Waals surface area contributed by atoms with Crippen molar-refractivity contribution in [2.45, 2.75) is 19.8 Å². The summed E-state index contributed by atoms with van der Waals surface area (Å²) in [4.78, 5) is 21.8. The van der Waals surface area contributed by atoms with Crippen LogP contribution in [-0.4, -0.2) is 23.6 Å². The highest BCUT2D eigenvalue weighted by atomic mass is 16.5. The van der Waals surface area contributed by atoms with Crippen molar-refractivity contribution in [2.75, 3.05) is 11.9 Å². The molecule has 2 rings (SSSR count). The van der Waals surface area contributed by atoms with Gasteiger partial charge in [0.25, 0.3) is 0 Å². The molecule has 0 radical (unpaired) electrons. The first-order valence-corrected chi connectivity index (χ1v) is 6.02. The van der Waals surface area contributed by atoms with Crippen LogP contribution in [0.3, 0.4) is 0 Å². The summed E-state index contributed by atoms with van der Waals surface area (Å²) in [6.45, 7) is 1.73. The van der Waals surface area contributed by atoms with Gasteiger partial charge in [0.05, 0.1) is 0 Å². The number of hydrogen-bond acceptors (Lipinski definition) is 3. The Morgan fingerprint density at radius 2 is 2.26 bits per heavy atom. The minimum atomic E-state index is -0.947. The molecule has 5 nitrogen and oxygen atoms in total. The molecule has 0 saturated heterocycles. The summed E-state index contributed by atoms with van der Waals surface area (Å²) in [5.41, 5.74) is 2.11. The Balaban J connectivity index is 2.01. The normalized spacial score (nSPS) is 14.6. The molecule has 0 saturated carbocycles. The van der Waals surface area contributed by atoms with Crippen LogP contribution in [0, 0.1) is 0 Å². The lowest BCUT2D eigenvalue weighted by Crippen LogP contribution is -2.18. The first-order chi connectivity index (χ1) is 9.06. The van der Waals surface area contributed by atoms with Crippen LogP contribution in [0.1, 0.15) is 18.9 Å². The number of amides is 1. The number of aryl methyl sites for hydroxylation is 1. The number of carboxylic acid groups (broad SMARTS) is 1. The highest BCUT2D eigenvalue weighted by Crippen LogP contribution is 2.26. The van der Waals surface area contributed by atoms with E-state index in [-0.39, 0.29) is 18.1 Å².